The number of fused-ring (bicyclic) bond motifs is 1. The molecule has 12 heteroatoms. The summed E-state index contributed by atoms with van der Waals surface area (Å²) in [4.78, 5) is 39.9. The number of halogens is 4. The molecule has 0 spiro atoms. The lowest BCUT2D eigenvalue weighted by atomic mass is 9.83. The summed E-state index contributed by atoms with van der Waals surface area (Å²) in [6.45, 7) is 1.69. The van der Waals surface area contributed by atoms with Crippen molar-refractivity contribution in [3.63, 3.8) is 0 Å². The van der Waals surface area contributed by atoms with Crippen LogP contribution in [0.15, 0.2) is 46.8 Å². The van der Waals surface area contributed by atoms with Gasteiger partial charge in [0.15, 0.2) is 0 Å². The van der Waals surface area contributed by atoms with E-state index in [0.29, 0.717) is 26.2 Å². The van der Waals surface area contributed by atoms with Gasteiger partial charge >= 0.3 is 11.9 Å². The maximum atomic E-state index is 13.5. The average molecular weight is 600 g/mol. The fourth-order valence-corrected chi connectivity index (χ4v) is 6.11. The van der Waals surface area contributed by atoms with Crippen molar-refractivity contribution in [3.8, 4) is 0 Å². The summed E-state index contributed by atoms with van der Waals surface area (Å²) in [5.41, 5.74) is 6.60. The zero-order chi connectivity index (χ0) is 27.0. The maximum Gasteiger partial charge on any atom is 0.338 e. The predicted molar refractivity (Wildman–Crippen MR) is 147 cm³/mol. The minimum absolute atomic E-state index is 0.00428. The molecule has 7 nitrogen and oxygen atoms in total. The van der Waals surface area contributed by atoms with Crippen molar-refractivity contribution in [1.82, 2.24) is 4.57 Å². The van der Waals surface area contributed by atoms with Crippen LogP contribution in [0.1, 0.15) is 24.0 Å². The fourth-order valence-electron chi connectivity index (χ4n) is 3.97. The second-order valence-corrected chi connectivity index (χ2v) is 10.5. The number of methoxy groups -OCH3 is 1. The van der Waals surface area contributed by atoms with Crippen LogP contribution in [0.2, 0.25) is 20.1 Å². The summed E-state index contributed by atoms with van der Waals surface area (Å²) in [6, 6.07) is 9.44. The monoisotopic (exact) mass is 598 g/mol. The maximum absolute atomic E-state index is 13.5. The molecule has 1 aliphatic rings. The highest BCUT2D eigenvalue weighted by atomic mass is 35.5. The van der Waals surface area contributed by atoms with Gasteiger partial charge in [0, 0.05) is 20.1 Å². The normalized spacial score (nSPS) is 15.6. The van der Waals surface area contributed by atoms with Gasteiger partial charge in [-0.2, -0.15) is 0 Å². The Bertz CT molecular complexity index is 1660. The first-order valence-corrected chi connectivity index (χ1v) is 13.0. The van der Waals surface area contributed by atoms with Gasteiger partial charge < -0.3 is 15.2 Å². The van der Waals surface area contributed by atoms with E-state index in [9.17, 15) is 14.4 Å². The van der Waals surface area contributed by atoms with Crippen LogP contribution in [0.3, 0.4) is 0 Å². The Kier molecular flexibility index (Phi) is 8.06. The van der Waals surface area contributed by atoms with Crippen LogP contribution in [0, 0.1) is 0 Å². The third kappa shape index (κ3) is 5.04. The number of carbonyl (C=O) groups excluding carboxylic acids is 2. The van der Waals surface area contributed by atoms with Crippen LogP contribution in [0.4, 0.5) is 0 Å². The fraction of sp³-hybridized carbons (Fsp3) is 0.160. The molecule has 0 aliphatic carbocycles. The highest BCUT2D eigenvalue weighted by Crippen LogP contribution is 2.41. The lowest BCUT2D eigenvalue weighted by Gasteiger charge is -2.27. The zero-order valence-electron chi connectivity index (χ0n) is 19.3. The minimum atomic E-state index is -1.10. The Labute approximate surface area is 234 Å². The molecule has 0 amide bonds. The van der Waals surface area contributed by atoms with Gasteiger partial charge in [0.25, 0.3) is 5.56 Å². The quantitative estimate of drug-likeness (QED) is 0.442. The summed E-state index contributed by atoms with van der Waals surface area (Å²) < 4.78 is 11.8. The van der Waals surface area contributed by atoms with Crippen LogP contribution in [-0.4, -0.2) is 30.2 Å². The van der Waals surface area contributed by atoms with Gasteiger partial charge in [-0.3, -0.25) is 9.36 Å². The largest absolute Gasteiger partial charge is 0.466 e. The third-order valence-corrected chi connectivity index (χ3v) is 7.80. The van der Waals surface area contributed by atoms with Crippen LogP contribution in [0.5, 0.6) is 0 Å². The van der Waals surface area contributed by atoms with E-state index in [1.54, 1.807) is 43.3 Å². The van der Waals surface area contributed by atoms with E-state index in [0.717, 1.165) is 15.9 Å². The van der Waals surface area contributed by atoms with Crippen molar-refractivity contribution in [2.75, 3.05) is 13.7 Å². The first kappa shape index (κ1) is 27.3. The number of rotatable bonds is 5. The molecule has 4 rings (SSSR count). The van der Waals surface area contributed by atoms with Gasteiger partial charge in [0.1, 0.15) is 10.5 Å². The molecule has 3 aromatic rings. The van der Waals surface area contributed by atoms with Gasteiger partial charge in [-0.05, 0) is 48.4 Å². The molecule has 1 aliphatic heterocycles. The van der Waals surface area contributed by atoms with E-state index in [4.69, 9.17) is 61.6 Å². The Morgan fingerprint density at radius 3 is 2.27 bits per heavy atom. The van der Waals surface area contributed by atoms with Crippen molar-refractivity contribution >= 4 is 87.1 Å². The predicted octanol–water partition coefficient (Wildman–Crippen LogP) is 4.16. The molecule has 0 unspecified atom stereocenters. The number of nitrogens with two attached hydrogens (primary N) is 1. The summed E-state index contributed by atoms with van der Waals surface area (Å²) in [6.07, 6.45) is 1.55. The molecular formula is C25H18Cl4N2O5S. The number of thiazole rings is 1. The number of aromatic nitrogens is 1. The second kappa shape index (κ2) is 10.9. The van der Waals surface area contributed by atoms with Crippen molar-refractivity contribution in [1.29, 1.82) is 0 Å². The second-order valence-electron chi connectivity index (χ2n) is 7.75. The minimum Gasteiger partial charge on any atom is -0.466 e. The van der Waals surface area contributed by atoms with E-state index < -0.39 is 23.4 Å². The number of esters is 2. The molecule has 0 saturated carbocycles. The summed E-state index contributed by atoms with van der Waals surface area (Å²) in [5, 5.41) is 1.28. The van der Waals surface area contributed by atoms with Gasteiger partial charge in [-0.1, -0.05) is 58.5 Å². The Morgan fingerprint density at radius 2 is 1.68 bits per heavy atom. The SMILES string of the molecule is CCOC(=O)C1=c2s/c(=C\c3ccc(Cl)cc3Cl)c(=O)n2C(N)=C(C(=O)OC)[C@H]1c1ccc(Cl)cc1Cl. The Balaban J connectivity index is 2.15. The number of carbonyl (C=O) groups is 2. The van der Waals surface area contributed by atoms with E-state index in [2.05, 4.69) is 0 Å². The number of ether oxygens (including phenoxy) is 2. The van der Waals surface area contributed by atoms with E-state index in [-0.39, 0.29) is 37.8 Å². The molecule has 1 aromatic heterocycles. The summed E-state index contributed by atoms with van der Waals surface area (Å²) in [7, 11) is 1.17. The standard InChI is InChI=1S/C25H18Cl4N2O5S/c1-3-36-25(34)20-18(14-7-6-13(27)10-16(14)29)19(24(33)35-2)21(30)31-22(32)17(37-23(20)31)8-11-4-5-12(26)9-15(11)28/h4-10,18H,3,30H2,1-2H3/b17-8-/t18-/m1/s1. The van der Waals surface area contributed by atoms with Crippen LogP contribution < -0.4 is 20.5 Å². The first-order chi connectivity index (χ1) is 17.6. The summed E-state index contributed by atoms with van der Waals surface area (Å²) in [5.74, 6) is -2.89. The third-order valence-electron chi connectivity index (χ3n) is 5.57. The molecule has 0 fully saturated rings. The van der Waals surface area contributed by atoms with Crippen molar-refractivity contribution in [3.05, 3.63) is 92.7 Å². The van der Waals surface area contributed by atoms with Crippen molar-refractivity contribution in [2.24, 2.45) is 5.73 Å². The van der Waals surface area contributed by atoms with Gasteiger partial charge in [0.05, 0.1) is 35.3 Å². The number of nitrogens with zero attached hydrogens (tertiary/aromatic N) is 1. The first-order valence-electron chi connectivity index (χ1n) is 10.7. The van der Waals surface area contributed by atoms with Gasteiger partial charge in [-0.15, -0.1) is 11.3 Å². The van der Waals surface area contributed by atoms with Crippen LogP contribution in [0.25, 0.3) is 17.5 Å². The van der Waals surface area contributed by atoms with E-state index in [1.807, 2.05) is 0 Å². The molecule has 2 aromatic carbocycles. The van der Waals surface area contributed by atoms with E-state index >= 15 is 0 Å². The van der Waals surface area contributed by atoms with Crippen molar-refractivity contribution < 1.29 is 19.1 Å². The topological polar surface area (TPSA) is 101 Å². The molecule has 2 heterocycles. The highest BCUT2D eigenvalue weighted by molar-refractivity contribution is 7.07. The molecular weight excluding hydrogens is 582 g/mol. The van der Waals surface area contributed by atoms with Crippen LogP contribution >= 0.6 is 57.7 Å². The van der Waals surface area contributed by atoms with Gasteiger partial charge in [-0.25, -0.2) is 9.59 Å². The molecule has 192 valence electrons. The number of benzene rings is 2. The number of hydrogen-bond acceptors (Lipinski definition) is 7. The Morgan fingerprint density at radius 1 is 1.03 bits per heavy atom. The highest BCUT2D eigenvalue weighted by Gasteiger charge is 2.40. The van der Waals surface area contributed by atoms with Crippen LogP contribution in [-0.2, 0) is 19.1 Å². The molecule has 0 bridgehead atoms. The number of hydrogen-bond donors (Lipinski definition) is 1. The van der Waals surface area contributed by atoms with Crippen molar-refractivity contribution in [2.45, 2.75) is 12.8 Å². The lowest BCUT2D eigenvalue weighted by molar-refractivity contribution is -0.136. The smallest absolute Gasteiger partial charge is 0.338 e. The zero-order valence-corrected chi connectivity index (χ0v) is 23.2. The van der Waals surface area contributed by atoms with E-state index in [1.165, 1.54) is 13.2 Å². The average Bonchev–Trinajstić information content (AvgIpc) is 3.16. The molecule has 0 saturated heterocycles. The molecule has 1 atom stereocenters. The Hall–Kier alpha value is -2.75. The summed E-state index contributed by atoms with van der Waals surface area (Å²) >= 11 is 25.9. The van der Waals surface area contributed by atoms with Gasteiger partial charge in [0.2, 0.25) is 0 Å². The molecule has 37 heavy (non-hydrogen) atoms. The molecule has 0 radical (unpaired) electrons. The lowest BCUT2D eigenvalue weighted by Crippen LogP contribution is -2.41. The molecule has 2 N–H and O–H groups in total.